The lowest BCUT2D eigenvalue weighted by Crippen LogP contribution is -2.42. The summed E-state index contributed by atoms with van der Waals surface area (Å²) < 4.78 is 26.8. The molecule has 0 radical (unpaired) electrons. The molecule has 1 aliphatic carbocycles. The fourth-order valence-corrected chi connectivity index (χ4v) is 2.87. The molecule has 3 nitrogen and oxygen atoms in total. The van der Waals surface area contributed by atoms with Crippen LogP contribution in [0.1, 0.15) is 49.4 Å². The van der Waals surface area contributed by atoms with Crippen LogP contribution in [0, 0.1) is 17.6 Å². The number of hydrogen-bond donors (Lipinski definition) is 2. The van der Waals surface area contributed by atoms with Gasteiger partial charge in [0.1, 0.15) is 11.6 Å². The third-order valence-corrected chi connectivity index (χ3v) is 4.08. The third kappa shape index (κ3) is 3.08. The van der Waals surface area contributed by atoms with Crippen molar-refractivity contribution in [3.8, 4) is 0 Å². The number of amides is 1. The number of nitrogen functional groups attached to an aromatic ring is 1. The lowest BCUT2D eigenvalue weighted by molar-refractivity contribution is 0.0900. The molecule has 1 fully saturated rings. The summed E-state index contributed by atoms with van der Waals surface area (Å²) in [5.74, 6) is -1.81. The van der Waals surface area contributed by atoms with E-state index in [0.29, 0.717) is 12.0 Å². The van der Waals surface area contributed by atoms with Crippen molar-refractivity contribution in [3.05, 3.63) is 29.3 Å². The Balaban J connectivity index is 2.13. The quantitative estimate of drug-likeness (QED) is 0.836. The van der Waals surface area contributed by atoms with E-state index in [-0.39, 0.29) is 17.3 Å². The summed E-state index contributed by atoms with van der Waals surface area (Å²) in [7, 11) is 0. The number of nitrogens with two attached hydrogens (primary N) is 1. The number of anilines is 1. The molecule has 110 valence electrons. The average molecular weight is 282 g/mol. The molecule has 0 aliphatic heterocycles. The summed E-state index contributed by atoms with van der Waals surface area (Å²) >= 11 is 0. The molecular weight excluding hydrogens is 262 g/mol. The van der Waals surface area contributed by atoms with Crippen molar-refractivity contribution in [1.29, 1.82) is 0 Å². The summed E-state index contributed by atoms with van der Waals surface area (Å²) in [6.45, 7) is 2.09. The topological polar surface area (TPSA) is 55.1 Å². The fourth-order valence-electron chi connectivity index (χ4n) is 2.87. The molecule has 2 atom stereocenters. The van der Waals surface area contributed by atoms with E-state index >= 15 is 0 Å². The molecule has 2 unspecified atom stereocenters. The lowest BCUT2D eigenvalue weighted by atomic mass is 9.83. The number of rotatable bonds is 3. The monoisotopic (exact) mass is 282 g/mol. The van der Waals surface area contributed by atoms with Crippen LogP contribution < -0.4 is 11.1 Å². The minimum atomic E-state index is -0.877. The van der Waals surface area contributed by atoms with Crippen LogP contribution in [0.2, 0.25) is 0 Å². The van der Waals surface area contributed by atoms with E-state index in [4.69, 9.17) is 5.73 Å². The van der Waals surface area contributed by atoms with Crippen LogP contribution >= 0.6 is 0 Å². The van der Waals surface area contributed by atoms with Crippen molar-refractivity contribution in [2.75, 3.05) is 5.73 Å². The molecule has 1 aromatic carbocycles. The maximum atomic E-state index is 13.7. The largest absolute Gasteiger partial charge is 0.396 e. The Morgan fingerprint density at radius 2 is 2.00 bits per heavy atom. The van der Waals surface area contributed by atoms with Crippen LogP contribution in [0.4, 0.5) is 14.5 Å². The molecule has 1 saturated carbocycles. The van der Waals surface area contributed by atoms with Gasteiger partial charge in [0.15, 0.2) is 0 Å². The Hall–Kier alpha value is -1.65. The Kier molecular flexibility index (Phi) is 4.57. The minimum absolute atomic E-state index is 0.0620. The molecule has 0 spiro atoms. The highest BCUT2D eigenvalue weighted by molar-refractivity contribution is 5.95. The number of carbonyl (C=O) groups is 1. The zero-order valence-electron chi connectivity index (χ0n) is 11.6. The van der Waals surface area contributed by atoms with Gasteiger partial charge in [-0.2, -0.15) is 0 Å². The molecule has 1 aliphatic rings. The van der Waals surface area contributed by atoms with Gasteiger partial charge < -0.3 is 11.1 Å². The predicted molar refractivity (Wildman–Crippen MR) is 74.3 cm³/mol. The van der Waals surface area contributed by atoms with E-state index in [0.717, 1.165) is 31.7 Å². The van der Waals surface area contributed by atoms with Crippen LogP contribution in [0.5, 0.6) is 0 Å². The molecule has 2 rings (SSSR count). The summed E-state index contributed by atoms with van der Waals surface area (Å²) in [5, 5.41) is 2.87. The summed E-state index contributed by atoms with van der Waals surface area (Å²) in [6.07, 6.45) is 5.20. The molecule has 3 N–H and O–H groups in total. The molecule has 5 heteroatoms. The van der Waals surface area contributed by atoms with Crippen molar-refractivity contribution in [2.45, 2.75) is 45.1 Å². The number of nitrogens with one attached hydrogen (secondary N) is 1. The summed E-state index contributed by atoms with van der Waals surface area (Å²) in [6, 6.07) is 1.78. The zero-order chi connectivity index (χ0) is 14.7. The SMILES string of the molecule is CCC1CCCCC1NC(=O)c1cc(N)c(F)cc1F. The van der Waals surface area contributed by atoms with Gasteiger partial charge in [0.05, 0.1) is 11.3 Å². The highest BCUT2D eigenvalue weighted by atomic mass is 19.1. The maximum absolute atomic E-state index is 13.7. The van der Waals surface area contributed by atoms with E-state index in [1.165, 1.54) is 6.42 Å². The average Bonchev–Trinajstić information content (AvgIpc) is 2.43. The van der Waals surface area contributed by atoms with E-state index in [9.17, 15) is 13.6 Å². The smallest absolute Gasteiger partial charge is 0.254 e. The Labute approximate surface area is 117 Å². The highest BCUT2D eigenvalue weighted by Gasteiger charge is 2.26. The van der Waals surface area contributed by atoms with Crippen molar-refractivity contribution >= 4 is 11.6 Å². The van der Waals surface area contributed by atoms with Crippen LogP contribution in [0.25, 0.3) is 0 Å². The van der Waals surface area contributed by atoms with Crippen LogP contribution in [0.15, 0.2) is 12.1 Å². The van der Waals surface area contributed by atoms with Gasteiger partial charge in [-0.15, -0.1) is 0 Å². The Morgan fingerprint density at radius 3 is 2.70 bits per heavy atom. The zero-order valence-corrected chi connectivity index (χ0v) is 11.6. The van der Waals surface area contributed by atoms with Gasteiger partial charge in [-0.25, -0.2) is 8.78 Å². The molecule has 0 bridgehead atoms. The van der Waals surface area contributed by atoms with Gasteiger partial charge in [0, 0.05) is 12.1 Å². The van der Waals surface area contributed by atoms with Crippen molar-refractivity contribution < 1.29 is 13.6 Å². The van der Waals surface area contributed by atoms with Crippen LogP contribution in [0.3, 0.4) is 0 Å². The van der Waals surface area contributed by atoms with E-state index in [1.807, 2.05) is 0 Å². The second-order valence-corrected chi connectivity index (χ2v) is 5.39. The van der Waals surface area contributed by atoms with Crippen molar-refractivity contribution in [1.82, 2.24) is 5.32 Å². The molecule has 1 aromatic rings. The second-order valence-electron chi connectivity index (χ2n) is 5.39. The third-order valence-electron chi connectivity index (χ3n) is 4.08. The Bertz CT molecular complexity index is 505. The van der Waals surface area contributed by atoms with Gasteiger partial charge in [-0.1, -0.05) is 26.2 Å². The number of hydrogen-bond acceptors (Lipinski definition) is 2. The van der Waals surface area contributed by atoms with Gasteiger partial charge in [-0.05, 0) is 24.8 Å². The maximum Gasteiger partial charge on any atom is 0.254 e. The fraction of sp³-hybridized carbons (Fsp3) is 0.533. The minimum Gasteiger partial charge on any atom is -0.396 e. The second kappa shape index (κ2) is 6.20. The molecule has 0 heterocycles. The van der Waals surface area contributed by atoms with Crippen LogP contribution in [-0.2, 0) is 0 Å². The van der Waals surface area contributed by atoms with E-state index in [1.54, 1.807) is 0 Å². The first-order valence-corrected chi connectivity index (χ1v) is 7.08. The number of halogens is 2. The summed E-state index contributed by atoms with van der Waals surface area (Å²) in [5.41, 5.74) is 4.99. The first-order valence-electron chi connectivity index (χ1n) is 7.08. The van der Waals surface area contributed by atoms with Gasteiger partial charge in [-0.3, -0.25) is 4.79 Å². The van der Waals surface area contributed by atoms with Crippen LogP contribution in [-0.4, -0.2) is 11.9 Å². The van der Waals surface area contributed by atoms with Gasteiger partial charge in [0.2, 0.25) is 0 Å². The molecular formula is C15H20F2N2O. The first kappa shape index (κ1) is 14.8. The molecule has 1 amide bonds. The molecule has 0 aromatic heterocycles. The highest BCUT2D eigenvalue weighted by Crippen LogP contribution is 2.27. The molecule has 20 heavy (non-hydrogen) atoms. The normalized spacial score (nSPS) is 22.6. The summed E-state index contributed by atoms with van der Waals surface area (Å²) in [4.78, 5) is 12.1. The van der Waals surface area contributed by atoms with E-state index < -0.39 is 17.5 Å². The first-order chi connectivity index (χ1) is 9.52. The van der Waals surface area contributed by atoms with Crippen molar-refractivity contribution in [3.63, 3.8) is 0 Å². The number of benzene rings is 1. The van der Waals surface area contributed by atoms with E-state index in [2.05, 4.69) is 12.2 Å². The predicted octanol–water partition coefficient (Wildman–Crippen LogP) is 3.25. The standard InChI is InChI=1S/C15H20F2N2O/c1-2-9-5-3-4-6-14(9)19-15(20)10-7-13(18)12(17)8-11(10)16/h7-9,14H,2-6,18H2,1H3,(H,19,20). The lowest BCUT2D eigenvalue weighted by Gasteiger charge is -2.31. The van der Waals surface area contributed by atoms with Gasteiger partial charge in [0.25, 0.3) is 5.91 Å². The molecule has 0 saturated heterocycles. The number of carbonyl (C=O) groups excluding carboxylic acids is 1. The van der Waals surface area contributed by atoms with Crippen molar-refractivity contribution in [2.24, 2.45) is 5.92 Å². The Morgan fingerprint density at radius 1 is 1.30 bits per heavy atom. The van der Waals surface area contributed by atoms with Gasteiger partial charge >= 0.3 is 0 Å².